The first kappa shape index (κ1) is 21.7. The van der Waals surface area contributed by atoms with Crippen LogP contribution in [0.5, 0.6) is 0 Å². The van der Waals surface area contributed by atoms with E-state index in [-0.39, 0.29) is 5.76 Å². The molecule has 0 atom stereocenters. The van der Waals surface area contributed by atoms with E-state index < -0.39 is 17.9 Å². The number of ether oxygens (including phenoxy) is 3. The molecule has 0 saturated carbocycles. The quantitative estimate of drug-likeness (QED) is 0.462. The van der Waals surface area contributed by atoms with Gasteiger partial charge in [-0.2, -0.15) is 0 Å². The molecule has 108 valence electrons. The van der Waals surface area contributed by atoms with Crippen molar-refractivity contribution in [2.75, 3.05) is 21.3 Å². The molecule has 0 aromatic carbocycles. The molecular formula is C12H18O7. The van der Waals surface area contributed by atoms with Crippen LogP contribution in [0.15, 0.2) is 37.6 Å². The average molecular weight is 274 g/mol. The van der Waals surface area contributed by atoms with Crippen molar-refractivity contribution in [3.05, 3.63) is 37.6 Å². The van der Waals surface area contributed by atoms with Gasteiger partial charge in [0, 0.05) is 12.2 Å². The first-order valence-electron chi connectivity index (χ1n) is 4.67. The van der Waals surface area contributed by atoms with Crippen molar-refractivity contribution in [2.45, 2.75) is 0 Å². The molecule has 7 heteroatoms. The van der Waals surface area contributed by atoms with Gasteiger partial charge < -0.3 is 19.3 Å². The minimum Gasteiger partial charge on any atom is -0.490 e. The third-order valence-electron chi connectivity index (χ3n) is 1.22. The smallest absolute Gasteiger partial charge is 0.370 e. The maximum Gasteiger partial charge on any atom is 0.370 e. The normalized spacial score (nSPS) is 7.11. The van der Waals surface area contributed by atoms with Gasteiger partial charge in [-0.25, -0.2) is 14.4 Å². The average Bonchev–Trinajstić information content (AvgIpc) is 2.45. The van der Waals surface area contributed by atoms with Gasteiger partial charge in [0.15, 0.2) is 5.76 Å². The summed E-state index contributed by atoms with van der Waals surface area (Å²) in [4.78, 5) is 29.4. The monoisotopic (exact) mass is 274 g/mol. The molecular weight excluding hydrogens is 256 g/mol. The molecule has 0 aliphatic carbocycles. The molecule has 1 N–H and O–H groups in total. The zero-order valence-electron chi connectivity index (χ0n) is 11.2. The van der Waals surface area contributed by atoms with E-state index in [1.807, 2.05) is 0 Å². The number of rotatable bonds is 4. The first-order valence-corrected chi connectivity index (χ1v) is 4.67. The van der Waals surface area contributed by atoms with Gasteiger partial charge in [0.25, 0.3) is 0 Å². The number of carboxylic acids is 1. The zero-order valence-corrected chi connectivity index (χ0v) is 11.2. The van der Waals surface area contributed by atoms with Crippen molar-refractivity contribution in [1.82, 2.24) is 0 Å². The predicted molar refractivity (Wildman–Crippen MR) is 68.2 cm³/mol. The molecule has 0 aliphatic heterocycles. The number of carboxylic acid groups (broad SMARTS) is 1. The molecule has 0 aliphatic rings. The molecule has 0 aromatic heterocycles. The van der Waals surface area contributed by atoms with E-state index >= 15 is 0 Å². The highest BCUT2D eigenvalue weighted by molar-refractivity contribution is 5.83. The van der Waals surface area contributed by atoms with Crippen LogP contribution >= 0.6 is 0 Å². The minimum absolute atomic E-state index is 0.236. The number of methoxy groups -OCH3 is 3. The summed E-state index contributed by atoms with van der Waals surface area (Å²) in [6, 6.07) is 0. The predicted octanol–water partition coefficient (Wildman–Crippen LogP) is 0.922. The fourth-order valence-corrected chi connectivity index (χ4v) is 0.254. The third-order valence-corrected chi connectivity index (χ3v) is 1.22. The van der Waals surface area contributed by atoms with E-state index in [0.717, 1.165) is 12.2 Å². The summed E-state index contributed by atoms with van der Waals surface area (Å²) in [5.41, 5.74) is 0. The molecule has 7 nitrogen and oxygen atoms in total. The second kappa shape index (κ2) is 15.4. The maximum atomic E-state index is 9.84. The maximum absolute atomic E-state index is 9.84. The van der Waals surface area contributed by atoms with Gasteiger partial charge >= 0.3 is 17.9 Å². The van der Waals surface area contributed by atoms with Crippen LogP contribution in [0.25, 0.3) is 0 Å². The summed E-state index contributed by atoms with van der Waals surface area (Å²) in [5, 5.41) is 7.96. The van der Waals surface area contributed by atoms with Crippen molar-refractivity contribution in [3.8, 4) is 0 Å². The van der Waals surface area contributed by atoms with Crippen LogP contribution in [0.2, 0.25) is 0 Å². The number of hydrogen-bond donors (Lipinski definition) is 1. The first-order chi connectivity index (χ1) is 8.80. The Bertz CT molecular complexity index is 311. The molecule has 0 rings (SSSR count). The Hall–Kier alpha value is -2.57. The lowest BCUT2D eigenvalue weighted by molar-refractivity contribution is -0.136. The van der Waals surface area contributed by atoms with Crippen molar-refractivity contribution < 1.29 is 33.7 Å². The summed E-state index contributed by atoms with van der Waals surface area (Å²) in [5.74, 6) is -2.15. The Morgan fingerprint density at radius 1 is 0.895 bits per heavy atom. The second-order valence-corrected chi connectivity index (χ2v) is 2.39. The number of hydrogen-bond acceptors (Lipinski definition) is 6. The SMILES string of the molecule is C=C(OC)C(=O)O.C=CC(=O)OC.C=CC(=O)OC. The lowest BCUT2D eigenvalue weighted by Gasteiger charge is -1.92. The van der Waals surface area contributed by atoms with E-state index in [9.17, 15) is 14.4 Å². The second-order valence-electron chi connectivity index (χ2n) is 2.39. The van der Waals surface area contributed by atoms with Crippen LogP contribution < -0.4 is 0 Å². The van der Waals surface area contributed by atoms with E-state index in [1.54, 1.807) is 0 Å². The lowest BCUT2D eigenvalue weighted by atomic mass is 10.6. The molecule has 0 amide bonds. The summed E-state index contributed by atoms with van der Waals surface area (Å²) in [6.45, 7) is 9.36. The highest BCUT2D eigenvalue weighted by atomic mass is 16.5. The topological polar surface area (TPSA) is 99.1 Å². The van der Waals surface area contributed by atoms with Crippen LogP contribution in [0, 0.1) is 0 Å². The number of esters is 2. The largest absolute Gasteiger partial charge is 0.490 e. The third kappa shape index (κ3) is 21.3. The van der Waals surface area contributed by atoms with Crippen molar-refractivity contribution in [3.63, 3.8) is 0 Å². The Balaban J connectivity index is -0.000000203. The van der Waals surface area contributed by atoms with Crippen LogP contribution in [0.3, 0.4) is 0 Å². The lowest BCUT2D eigenvalue weighted by Crippen LogP contribution is -1.99. The van der Waals surface area contributed by atoms with Gasteiger partial charge in [-0.05, 0) is 6.58 Å². The Morgan fingerprint density at radius 2 is 1.21 bits per heavy atom. The molecule has 0 fully saturated rings. The Kier molecular flexibility index (Phi) is 17.6. The van der Waals surface area contributed by atoms with Gasteiger partial charge in [-0.15, -0.1) is 0 Å². The van der Waals surface area contributed by atoms with Crippen LogP contribution in [0.1, 0.15) is 0 Å². The standard InChI is InChI=1S/C4H6O3.2C4H6O2/c1-3(7-2)4(5)6;2*1-3-4(5)6-2/h1H2,2H3,(H,5,6);2*3H,1H2,2H3. The fraction of sp³-hybridized carbons (Fsp3) is 0.250. The number of aliphatic carboxylic acids is 1. The van der Waals surface area contributed by atoms with Crippen molar-refractivity contribution in [1.29, 1.82) is 0 Å². The Morgan fingerprint density at radius 3 is 1.21 bits per heavy atom. The molecule has 19 heavy (non-hydrogen) atoms. The number of carbonyl (C=O) groups excluding carboxylic acids is 2. The van der Waals surface area contributed by atoms with Gasteiger partial charge in [-0.1, -0.05) is 13.2 Å². The van der Waals surface area contributed by atoms with E-state index in [4.69, 9.17) is 5.11 Å². The highest BCUT2D eigenvalue weighted by Gasteiger charge is 1.98. The van der Waals surface area contributed by atoms with Crippen LogP contribution in [-0.4, -0.2) is 44.3 Å². The number of carbonyl (C=O) groups is 3. The van der Waals surface area contributed by atoms with Gasteiger partial charge in [0.1, 0.15) is 0 Å². The van der Waals surface area contributed by atoms with E-state index in [1.165, 1.54) is 21.3 Å². The molecule has 0 heterocycles. The highest BCUT2D eigenvalue weighted by Crippen LogP contribution is 1.86. The van der Waals surface area contributed by atoms with Gasteiger partial charge in [-0.3, -0.25) is 0 Å². The molecule has 0 bridgehead atoms. The fourth-order valence-electron chi connectivity index (χ4n) is 0.254. The molecule has 0 radical (unpaired) electrons. The molecule has 0 aromatic rings. The molecule has 0 unspecified atom stereocenters. The van der Waals surface area contributed by atoms with Crippen molar-refractivity contribution in [2.24, 2.45) is 0 Å². The van der Waals surface area contributed by atoms with Crippen LogP contribution in [-0.2, 0) is 28.6 Å². The van der Waals surface area contributed by atoms with Crippen molar-refractivity contribution >= 4 is 17.9 Å². The summed E-state index contributed by atoms with van der Waals surface area (Å²) in [6.07, 6.45) is 2.22. The van der Waals surface area contributed by atoms with Crippen LogP contribution in [0.4, 0.5) is 0 Å². The van der Waals surface area contributed by atoms with E-state index in [2.05, 4.69) is 33.9 Å². The Labute approximate surface area is 111 Å². The van der Waals surface area contributed by atoms with E-state index in [0.29, 0.717) is 0 Å². The molecule has 0 spiro atoms. The summed E-state index contributed by atoms with van der Waals surface area (Å²) in [7, 11) is 3.88. The van der Waals surface area contributed by atoms with Gasteiger partial charge in [0.2, 0.25) is 0 Å². The van der Waals surface area contributed by atoms with Gasteiger partial charge in [0.05, 0.1) is 21.3 Å². The summed E-state index contributed by atoms with van der Waals surface area (Å²) < 4.78 is 12.5. The molecule has 0 saturated heterocycles. The zero-order chi connectivity index (χ0) is 15.8. The summed E-state index contributed by atoms with van der Waals surface area (Å²) >= 11 is 0. The minimum atomic E-state index is -1.12.